The van der Waals surface area contributed by atoms with Gasteiger partial charge in [-0.25, -0.2) is 4.98 Å². The van der Waals surface area contributed by atoms with E-state index in [4.69, 9.17) is 0 Å². The summed E-state index contributed by atoms with van der Waals surface area (Å²) in [6, 6.07) is 11.7. The first kappa shape index (κ1) is 12.4. The van der Waals surface area contributed by atoms with Crippen LogP contribution >= 0.6 is 0 Å². The van der Waals surface area contributed by atoms with Crippen molar-refractivity contribution in [3.63, 3.8) is 0 Å². The van der Waals surface area contributed by atoms with Gasteiger partial charge in [-0.15, -0.1) is 0 Å². The Labute approximate surface area is 106 Å². The second-order valence-corrected chi connectivity index (χ2v) is 4.41. The molecule has 2 N–H and O–H groups in total. The molecule has 0 aliphatic carbocycles. The summed E-state index contributed by atoms with van der Waals surface area (Å²) in [5.74, 6) is 1.61. The summed E-state index contributed by atoms with van der Waals surface area (Å²) in [6.45, 7) is 4.66. The standard InChI is InChI=1S/C14H17N3O/c1-10(12-6-4-3-5-7-12)9-15-13-8-14(18)17-11(2)16-13/h3-8,10H,9H2,1-2H3,(H2,15,16,17,18). The quantitative estimate of drug-likeness (QED) is 0.866. The number of anilines is 1. The molecule has 4 heteroatoms. The molecule has 0 saturated heterocycles. The molecule has 1 heterocycles. The van der Waals surface area contributed by atoms with E-state index in [9.17, 15) is 4.79 Å². The predicted octanol–water partition coefficient (Wildman–Crippen LogP) is 2.29. The molecule has 1 aromatic carbocycles. The Bertz CT molecular complexity index is 563. The fourth-order valence-electron chi connectivity index (χ4n) is 1.83. The lowest BCUT2D eigenvalue weighted by molar-refractivity contribution is 0.799. The molecule has 18 heavy (non-hydrogen) atoms. The van der Waals surface area contributed by atoms with Crippen LogP contribution in [0.25, 0.3) is 0 Å². The van der Waals surface area contributed by atoms with Crippen LogP contribution in [0.2, 0.25) is 0 Å². The number of H-pyrrole nitrogens is 1. The van der Waals surface area contributed by atoms with Gasteiger partial charge in [0, 0.05) is 12.6 Å². The van der Waals surface area contributed by atoms with Gasteiger partial charge < -0.3 is 10.3 Å². The number of aryl methyl sites for hydroxylation is 1. The number of benzene rings is 1. The van der Waals surface area contributed by atoms with E-state index in [1.54, 1.807) is 6.92 Å². The van der Waals surface area contributed by atoms with E-state index in [0.29, 0.717) is 17.6 Å². The molecule has 1 atom stereocenters. The predicted molar refractivity (Wildman–Crippen MR) is 72.9 cm³/mol. The first-order chi connectivity index (χ1) is 8.65. The van der Waals surface area contributed by atoms with E-state index in [-0.39, 0.29) is 5.56 Å². The Balaban J connectivity index is 2.01. The summed E-state index contributed by atoms with van der Waals surface area (Å²) in [4.78, 5) is 18.1. The first-order valence-electron chi connectivity index (χ1n) is 6.02. The maximum atomic E-state index is 11.3. The van der Waals surface area contributed by atoms with Gasteiger partial charge in [0.1, 0.15) is 11.6 Å². The summed E-state index contributed by atoms with van der Waals surface area (Å²) in [6.07, 6.45) is 0. The second kappa shape index (κ2) is 5.49. The van der Waals surface area contributed by atoms with Crippen molar-refractivity contribution in [2.75, 3.05) is 11.9 Å². The Hall–Kier alpha value is -2.10. The minimum absolute atomic E-state index is 0.127. The Morgan fingerprint density at radius 1 is 1.33 bits per heavy atom. The van der Waals surface area contributed by atoms with Crippen LogP contribution in [0.3, 0.4) is 0 Å². The summed E-state index contributed by atoms with van der Waals surface area (Å²) < 4.78 is 0. The molecule has 0 spiro atoms. The molecule has 0 fully saturated rings. The maximum absolute atomic E-state index is 11.3. The van der Waals surface area contributed by atoms with Crippen molar-refractivity contribution in [3.8, 4) is 0 Å². The lowest BCUT2D eigenvalue weighted by Gasteiger charge is -2.13. The fourth-order valence-corrected chi connectivity index (χ4v) is 1.83. The fraction of sp³-hybridized carbons (Fsp3) is 0.286. The number of aromatic nitrogens is 2. The minimum Gasteiger partial charge on any atom is -0.369 e. The van der Waals surface area contributed by atoms with Crippen molar-refractivity contribution >= 4 is 5.82 Å². The van der Waals surface area contributed by atoms with Crippen LogP contribution in [-0.4, -0.2) is 16.5 Å². The SMILES string of the molecule is Cc1nc(NCC(C)c2ccccc2)cc(=O)[nH]1. The van der Waals surface area contributed by atoms with Crippen LogP contribution in [0.15, 0.2) is 41.2 Å². The third-order valence-electron chi connectivity index (χ3n) is 2.82. The van der Waals surface area contributed by atoms with Gasteiger partial charge in [0.15, 0.2) is 0 Å². The second-order valence-electron chi connectivity index (χ2n) is 4.41. The maximum Gasteiger partial charge on any atom is 0.252 e. The molecular formula is C14H17N3O. The summed E-state index contributed by atoms with van der Waals surface area (Å²) in [7, 11) is 0. The number of rotatable bonds is 4. The van der Waals surface area contributed by atoms with Crippen molar-refractivity contribution in [1.82, 2.24) is 9.97 Å². The van der Waals surface area contributed by atoms with Crippen molar-refractivity contribution in [1.29, 1.82) is 0 Å². The number of hydrogen-bond donors (Lipinski definition) is 2. The summed E-state index contributed by atoms with van der Waals surface area (Å²) >= 11 is 0. The van der Waals surface area contributed by atoms with Crippen molar-refractivity contribution < 1.29 is 0 Å². The monoisotopic (exact) mass is 243 g/mol. The highest BCUT2D eigenvalue weighted by molar-refractivity contribution is 5.34. The summed E-state index contributed by atoms with van der Waals surface area (Å²) in [5.41, 5.74) is 1.14. The Kier molecular flexibility index (Phi) is 3.77. The summed E-state index contributed by atoms with van der Waals surface area (Å²) in [5, 5.41) is 3.19. The molecule has 0 bridgehead atoms. The Morgan fingerprint density at radius 2 is 2.06 bits per heavy atom. The third-order valence-corrected chi connectivity index (χ3v) is 2.82. The van der Waals surface area contributed by atoms with E-state index < -0.39 is 0 Å². The molecular weight excluding hydrogens is 226 g/mol. The number of nitrogens with zero attached hydrogens (tertiary/aromatic N) is 1. The van der Waals surface area contributed by atoms with E-state index in [0.717, 1.165) is 6.54 Å². The van der Waals surface area contributed by atoms with Crippen LogP contribution in [-0.2, 0) is 0 Å². The molecule has 94 valence electrons. The zero-order valence-corrected chi connectivity index (χ0v) is 10.6. The van der Waals surface area contributed by atoms with E-state index in [1.807, 2.05) is 18.2 Å². The lowest BCUT2D eigenvalue weighted by Crippen LogP contribution is -2.15. The molecule has 2 rings (SSSR count). The lowest BCUT2D eigenvalue weighted by atomic mass is 10.0. The van der Waals surface area contributed by atoms with Crippen LogP contribution in [0.1, 0.15) is 24.2 Å². The van der Waals surface area contributed by atoms with Gasteiger partial charge in [0.05, 0.1) is 0 Å². The van der Waals surface area contributed by atoms with Gasteiger partial charge in [-0.2, -0.15) is 0 Å². The highest BCUT2D eigenvalue weighted by Gasteiger charge is 2.05. The third kappa shape index (κ3) is 3.20. The average Bonchev–Trinajstić information content (AvgIpc) is 2.36. The number of hydrogen-bond acceptors (Lipinski definition) is 3. The van der Waals surface area contributed by atoms with Crippen LogP contribution in [0, 0.1) is 6.92 Å². The molecule has 1 aromatic heterocycles. The van der Waals surface area contributed by atoms with Crippen molar-refractivity contribution in [3.05, 3.63) is 58.1 Å². The van der Waals surface area contributed by atoms with E-state index in [1.165, 1.54) is 11.6 Å². The van der Waals surface area contributed by atoms with Crippen molar-refractivity contribution in [2.45, 2.75) is 19.8 Å². The van der Waals surface area contributed by atoms with Crippen LogP contribution < -0.4 is 10.9 Å². The highest BCUT2D eigenvalue weighted by Crippen LogP contribution is 2.14. The zero-order valence-electron chi connectivity index (χ0n) is 10.6. The van der Waals surface area contributed by atoms with Crippen LogP contribution in [0.4, 0.5) is 5.82 Å². The van der Waals surface area contributed by atoms with E-state index in [2.05, 4.69) is 34.3 Å². The molecule has 0 aliphatic heterocycles. The normalized spacial score (nSPS) is 12.1. The minimum atomic E-state index is -0.127. The van der Waals surface area contributed by atoms with E-state index >= 15 is 0 Å². The van der Waals surface area contributed by atoms with Gasteiger partial charge in [-0.3, -0.25) is 4.79 Å². The van der Waals surface area contributed by atoms with Gasteiger partial charge in [0.2, 0.25) is 0 Å². The van der Waals surface area contributed by atoms with Gasteiger partial charge in [-0.05, 0) is 18.4 Å². The van der Waals surface area contributed by atoms with Crippen LogP contribution in [0.5, 0.6) is 0 Å². The average molecular weight is 243 g/mol. The molecule has 0 radical (unpaired) electrons. The number of aromatic amines is 1. The van der Waals surface area contributed by atoms with Gasteiger partial charge >= 0.3 is 0 Å². The van der Waals surface area contributed by atoms with Crippen molar-refractivity contribution in [2.24, 2.45) is 0 Å². The molecule has 2 aromatic rings. The Morgan fingerprint density at radius 3 is 2.72 bits per heavy atom. The molecule has 4 nitrogen and oxygen atoms in total. The highest BCUT2D eigenvalue weighted by atomic mass is 16.1. The topological polar surface area (TPSA) is 57.8 Å². The molecule has 0 saturated carbocycles. The molecule has 0 aliphatic rings. The smallest absolute Gasteiger partial charge is 0.252 e. The molecule has 0 amide bonds. The zero-order chi connectivity index (χ0) is 13.0. The van der Waals surface area contributed by atoms with Gasteiger partial charge in [-0.1, -0.05) is 37.3 Å². The molecule has 1 unspecified atom stereocenters. The number of nitrogens with one attached hydrogen (secondary N) is 2. The first-order valence-corrected chi connectivity index (χ1v) is 6.02. The van der Waals surface area contributed by atoms with Gasteiger partial charge in [0.25, 0.3) is 5.56 Å². The largest absolute Gasteiger partial charge is 0.369 e.